The maximum atomic E-state index is 11.8. The molecule has 0 bridgehead atoms. The van der Waals surface area contributed by atoms with Crippen molar-refractivity contribution in [1.29, 1.82) is 0 Å². The third-order valence-electron chi connectivity index (χ3n) is 2.65. The van der Waals surface area contributed by atoms with Crippen LogP contribution in [0, 0.1) is 6.92 Å². The Balaban J connectivity index is 1.97. The summed E-state index contributed by atoms with van der Waals surface area (Å²) in [6, 6.07) is 0.334. The number of aromatic nitrogens is 1. The Labute approximate surface area is 93.3 Å². The minimum Gasteiger partial charge on any atom is -0.322 e. The van der Waals surface area contributed by atoms with Crippen molar-refractivity contribution in [3.63, 3.8) is 0 Å². The number of nitrogens with one attached hydrogen (secondary N) is 1. The highest BCUT2D eigenvalue weighted by molar-refractivity contribution is 7.15. The first-order valence-corrected chi connectivity index (χ1v) is 5.98. The Morgan fingerprint density at radius 1 is 1.73 bits per heavy atom. The molecule has 2 heterocycles. The zero-order valence-electron chi connectivity index (χ0n) is 8.99. The molecule has 1 fully saturated rings. The molecule has 1 atom stereocenters. The van der Waals surface area contributed by atoms with Crippen molar-refractivity contribution in [2.45, 2.75) is 32.7 Å². The Morgan fingerprint density at radius 3 is 3.07 bits per heavy atom. The van der Waals surface area contributed by atoms with Gasteiger partial charge in [-0.1, -0.05) is 0 Å². The minimum atomic E-state index is -0.0191. The molecule has 2 rings (SSSR count). The van der Waals surface area contributed by atoms with Crippen LogP contribution in [0.4, 0.5) is 9.93 Å². The highest BCUT2D eigenvalue weighted by Gasteiger charge is 2.25. The zero-order chi connectivity index (χ0) is 10.8. The Morgan fingerprint density at radius 2 is 2.53 bits per heavy atom. The van der Waals surface area contributed by atoms with Gasteiger partial charge < -0.3 is 4.90 Å². The number of thiazole rings is 1. The number of carbonyl (C=O) groups excluding carboxylic acids is 1. The highest BCUT2D eigenvalue weighted by Crippen LogP contribution is 2.20. The maximum absolute atomic E-state index is 11.8. The molecule has 1 unspecified atom stereocenters. The van der Waals surface area contributed by atoms with Gasteiger partial charge in [-0.25, -0.2) is 9.78 Å². The summed E-state index contributed by atoms with van der Waals surface area (Å²) in [7, 11) is 0. The van der Waals surface area contributed by atoms with Crippen LogP contribution in [0.2, 0.25) is 0 Å². The molecular formula is C10H15N3OS. The predicted octanol–water partition coefficient (Wildman–Crippen LogP) is 2.47. The van der Waals surface area contributed by atoms with E-state index in [9.17, 15) is 4.79 Å². The molecule has 0 saturated carbocycles. The van der Waals surface area contributed by atoms with Gasteiger partial charge >= 0.3 is 6.03 Å². The molecule has 15 heavy (non-hydrogen) atoms. The molecule has 0 aromatic carbocycles. The molecule has 1 aliphatic rings. The largest absolute Gasteiger partial charge is 0.323 e. The molecule has 4 nitrogen and oxygen atoms in total. The van der Waals surface area contributed by atoms with Crippen LogP contribution in [0.5, 0.6) is 0 Å². The lowest BCUT2D eigenvalue weighted by Crippen LogP contribution is -2.37. The third-order valence-corrected chi connectivity index (χ3v) is 3.48. The van der Waals surface area contributed by atoms with Gasteiger partial charge in [-0.15, -0.1) is 11.3 Å². The molecule has 1 aliphatic heterocycles. The molecule has 82 valence electrons. The molecule has 1 aromatic heterocycles. The van der Waals surface area contributed by atoms with E-state index in [0.29, 0.717) is 11.2 Å². The molecule has 1 saturated heterocycles. The van der Waals surface area contributed by atoms with Crippen molar-refractivity contribution in [2.75, 3.05) is 11.9 Å². The summed E-state index contributed by atoms with van der Waals surface area (Å²) < 4.78 is 0. The number of likely N-dealkylation sites (tertiary alicyclic amines) is 1. The number of amides is 2. The van der Waals surface area contributed by atoms with E-state index in [1.165, 1.54) is 11.3 Å². The number of urea groups is 1. The lowest BCUT2D eigenvalue weighted by atomic mass is 10.2. The molecule has 0 spiro atoms. The fraction of sp³-hybridized carbons (Fsp3) is 0.600. The van der Waals surface area contributed by atoms with Gasteiger partial charge in [-0.2, -0.15) is 0 Å². The van der Waals surface area contributed by atoms with E-state index in [4.69, 9.17) is 0 Å². The minimum absolute atomic E-state index is 0.0191. The maximum Gasteiger partial charge on any atom is 0.323 e. The van der Waals surface area contributed by atoms with Gasteiger partial charge in [0.25, 0.3) is 0 Å². The van der Waals surface area contributed by atoms with E-state index >= 15 is 0 Å². The average molecular weight is 225 g/mol. The van der Waals surface area contributed by atoms with Crippen molar-refractivity contribution in [3.05, 3.63) is 11.1 Å². The van der Waals surface area contributed by atoms with Crippen LogP contribution in [-0.2, 0) is 0 Å². The van der Waals surface area contributed by atoms with Crippen LogP contribution < -0.4 is 5.32 Å². The van der Waals surface area contributed by atoms with Gasteiger partial charge in [0.05, 0.1) is 0 Å². The number of anilines is 1. The van der Waals surface area contributed by atoms with E-state index in [-0.39, 0.29) is 6.03 Å². The number of hydrogen-bond acceptors (Lipinski definition) is 3. The number of hydrogen-bond donors (Lipinski definition) is 1. The quantitative estimate of drug-likeness (QED) is 0.798. The van der Waals surface area contributed by atoms with Gasteiger partial charge in [0.1, 0.15) is 0 Å². The van der Waals surface area contributed by atoms with Gasteiger partial charge in [-0.05, 0) is 26.7 Å². The van der Waals surface area contributed by atoms with Crippen molar-refractivity contribution in [3.8, 4) is 0 Å². The van der Waals surface area contributed by atoms with Crippen molar-refractivity contribution >= 4 is 22.5 Å². The summed E-state index contributed by atoms with van der Waals surface area (Å²) in [5.74, 6) is 0. The number of nitrogens with zero attached hydrogens (tertiary/aromatic N) is 2. The number of rotatable bonds is 1. The Kier molecular flexibility index (Phi) is 2.90. The van der Waals surface area contributed by atoms with Crippen LogP contribution in [0.1, 0.15) is 24.6 Å². The molecule has 1 aromatic rings. The van der Waals surface area contributed by atoms with Gasteiger partial charge in [0, 0.05) is 23.7 Å². The smallest absolute Gasteiger partial charge is 0.322 e. The first kappa shape index (κ1) is 10.4. The van der Waals surface area contributed by atoms with Crippen molar-refractivity contribution < 1.29 is 4.79 Å². The summed E-state index contributed by atoms with van der Waals surface area (Å²) in [4.78, 5) is 18.9. The van der Waals surface area contributed by atoms with E-state index in [2.05, 4.69) is 17.2 Å². The van der Waals surface area contributed by atoms with Crippen LogP contribution in [0.25, 0.3) is 0 Å². The van der Waals surface area contributed by atoms with Crippen molar-refractivity contribution in [2.24, 2.45) is 0 Å². The van der Waals surface area contributed by atoms with Crippen LogP contribution in [-0.4, -0.2) is 28.5 Å². The molecule has 1 N–H and O–H groups in total. The van der Waals surface area contributed by atoms with Crippen LogP contribution in [0.3, 0.4) is 0 Å². The molecule has 0 aliphatic carbocycles. The zero-order valence-corrected chi connectivity index (χ0v) is 9.80. The highest BCUT2D eigenvalue weighted by atomic mass is 32.1. The topological polar surface area (TPSA) is 45.2 Å². The number of aryl methyl sites for hydroxylation is 1. The van der Waals surface area contributed by atoms with E-state index in [0.717, 1.165) is 24.3 Å². The summed E-state index contributed by atoms with van der Waals surface area (Å²) in [5, 5.41) is 3.52. The summed E-state index contributed by atoms with van der Waals surface area (Å²) in [6.45, 7) is 4.92. The first-order chi connectivity index (χ1) is 7.16. The fourth-order valence-electron chi connectivity index (χ4n) is 1.81. The first-order valence-electron chi connectivity index (χ1n) is 5.17. The number of carbonyl (C=O) groups is 1. The summed E-state index contributed by atoms with van der Waals surface area (Å²) >= 11 is 1.51. The molecular weight excluding hydrogens is 210 g/mol. The lowest BCUT2D eigenvalue weighted by molar-refractivity contribution is 0.210. The average Bonchev–Trinajstić information content (AvgIpc) is 2.75. The second kappa shape index (κ2) is 4.18. The molecule has 0 radical (unpaired) electrons. The monoisotopic (exact) mass is 225 g/mol. The SMILES string of the molecule is Cc1cnc(NC(=O)N2CCCC2C)s1. The van der Waals surface area contributed by atoms with Gasteiger partial charge in [0.2, 0.25) is 0 Å². The van der Waals surface area contributed by atoms with Crippen LogP contribution >= 0.6 is 11.3 Å². The Hall–Kier alpha value is -1.10. The van der Waals surface area contributed by atoms with Gasteiger partial charge in [-0.3, -0.25) is 5.32 Å². The van der Waals surface area contributed by atoms with Crippen molar-refractivity contribution in [1.82, 2.24) is 9.88 Å². The Bertz CT molecular complexity index is 363. The fourth-order valence-corrected chi connectivity index (χ4v) is 2.46. The second-order valence-corrected chi connectivity index (χ2v) is 5.13. The standard InChI is InChI=1S/C10H15N3OS/c1-7-4-3-5-13(7)10(14)12-9-11-6-8(2)15-9/h6-7H,3-5H2,1-2H3,(H,11,12,14). The predicted molar refractivity (Wildman–Crippen MR) is 61.3 cm³/mol. The normalized spacial score (nSPS) is 20.7. The van der Waals surface area contributed by atoms with E-state index in [1.807, 2.05) is 11.8 Å². The second-order valence-electron chi connectivity index (χ2n) is 3.89. The van der Waals surface area contributed by atoms with E-state index < -0.39 is 0 Å². The lowest BCUT2D eigenvalue weighted by Gasteiger charge is -2.20. The molecule has 2 amide bonds. The summed E-state index contributed by atoms with van der Waals surface area (Å²) in [5.41, 5.74) is 0. The van der Waals surface area contributed by atoms with E-state index in [1.54, 1.807) is 6.20 Å². The third kappa shape index (κ3) is 2.28. The molecule has 5 heteroatoms. The van der Waals surface area contributed by atoms with Gasteiger partial charge in [0.15, 0.2) is 5.13 Å². The summed E-state index contributed by atoms with van der Waals surface area (Å²) in [6.07, 6.45) is 3.98. The van der Waals surface area contributed by atoms with Crippen LogP contribution in [0.15, 0.2) is 6.20 Å².